The van der Waals surface area contributed by atoms with Crippen molar-refractivity contribution in [3.63, 3.8) is 0 Å². The van der Waals surface area contributed by atoms with E-state index in [1.165, 1.54) is 12.1 Å². The summed E-state index contributed by atoms with van der Waals surface area (Å²) < 4.78 is 1.11. The first-order valence-corrected chi connectivity index (χ1v) is 13.2. The van der Waals surface area contributed by atoms with E-state index in [1.54, 1.807) is 18.2 Å². The van der Waals surface area contributed by atoms with Crippen LogP contribution < -0.4 is 5.32 Å². The van der Waals surface area contributed by atoms with E-state index in [9.17, 15) is 9.90 Å². The molecule has 2 N–H and O–H groups in total. The lowest BCUT2D eigenvalue weighted by Gasteiger charge is -2.55. The Morgan fingerprint density at radius 1 is 1.18 bits per heavy atom. The number of aromatic hydroxyl groups is 1. The summed E-state index contributed by atoms with van der Waals surface area (Å²) >= 11 is 12.2. The average Bonchev–Trinajstić information content (AvgIpc) is 2.76. The summed E-state index contributed by atoms with van der Waals surface area (Å²) in [5.41, 5.74) is 2.06. The Balaban J connectivity index is 1.53. The second-order valence-electron chi connectivity index (χ2n) is 11.2. The predicted molar refractivity (Wildman–Crippen MR) is 139 cm³/mol. The molecule has 4 atom stereocenters. The van der Waals surface area contributed by atoms with Crippen molar-refractivity contribution in [3.05, 3.63) is 63.6 Å². The number of nitrogens with zero attached hydrogens (tertiary/aromatic N) is 1. The van der Waals surface area contributed by atoms with Crippen molar-refractivity contribution >= 4 is 29.1 Å². The van der Waals surface area contributed by atoms with Crippen molar-refractivity contribution in [2.75, 3.05) is 26.7 Å². The van der Waals surface area contributed by atoms with Crippen LogP contribution in [0.3, 0.4) is 0 Å². The Hall–Kier alpha value is -1.75. The average molecular weight is 505 g/mol. The molecule has 0 radical (unpaired) electrons. The zero-order valence-corrected chi connectivity index (χ0v) is 22.0. The normalized spacial score (nSPS) is 29.0. The fourth-order valence-electron chi connectivity index (χ4n) is 6.65. The number of likely N-dealkylation sites (tertiary alicyclic amines) is 1. The van der Waals surface area contributed by atoms with Crippen molar-refractivity contribution in [1.82, 2.24) is 5.32 Å². The van der Waals surface area contributed by atoms with Crippen molar-refractivity contribution in [1.29, 1.82) is 0 Å². The number of hydrogen-bond donors (Lipinski definition) is 2. The van der Waals surface area contributed by atoms with Gasteiger partial charge in [-0.15, -0.1) is 0 Å². The monoisotopic (exact) mass is 503 g/mol. The first-order chi connectivity index (χ1) is 16.1. The molecular formula is C28H37Cl2N2O2+. The Morgan fingerprint density at radius 2 is 1.97 bits per heavy atom. The highest BCUT2D eigenvalue weighted by Crippen LogP contribution is 2.50. The van der Waals surface area contributed by atoms with Gasteiger partial charge in [0, 0.05) is 29.7 Å². The molecular weight excluding hydrogens is 467 g/mol. The molecule has 2 aromatic carbocycles. The van der Waals surface area contributed by atoms with E-state index in [0.717, 1.165) is 48.8 Å². The number of piperidine rings is 1. The number of phenolic OH excluding ortho intramolecular Hbond substituents is 1. The zero-order chi connectivity index (χ0) is 24.5. The van der Waals surface area contributed by atoms with Gasteiger partial charge >= 0.3 is 0 Å². The van der Waals surface area contributed by atoms with Crippen LogP contribution in [0.4, 0.5) is 0 Å². The van der Waals surface area contributed by atoms with Gasteiger partial charge in [0.25, 0.3) is 0 Å². The molecule has 1 saturated carbocycles. The molecule has 1 aliphatic carbocycles. The zero-order valence-electron chi connectivity index (χ0n) is 20.5. The third-order valence-corrected chi connectivity index (χ3v) is 8.69. The van der Waals surface area contributed by atoms with Gasteiger partial charge in [0.15, 0.2) is 0 Å². The second-order valence-corrected chi connectivity index (χ2v) is 12.0. The predicted octanol–water partition coefficient (Wildman–Crippen LogP) is 5.97. The number of fused-ring (bicyclic) bond motifs is 1. The van der Waals surface area contributed by atoms with E-state index in [0.29, 0.717) is 34.1 Å². The Labute approximate surface area is 213 Å². The summed E-state index contributed by atoms with van der Waals surface area (Å²) in [5, 5.41) is 14.6. The lowest BCUT2D eigenvalue weighted by Crippen LogP contribution is -2.62. The van der Waals surface area contributed by atoms with Gasteiger partial charge in [0.2, 0.25) is 5.91 Å². The number of amides is 1. The number of carbonyl (C=O) groups is 1. The lowest BCUT2D eigenvalue weighted by atomic mass is 9.57. The fraction of sp³-hybridized carbons (Fsp3) is 0.536. The van der Waals surface area contributed by atoms with Crippen molar-refractivity contribution < 1.29 is 14.4 Å². The molecule has 0 bridgehead atoms. The quantitative estimate of drug-likeness (QED) is 0.476. The molecule has 2 fully saturated rings. The van der Waals surface area contributed by atoms with Gasteiger partial charge in [-0.2, -0.15) is 0 Å². The van der Waals surface area contributed by atoms with Crippen LogP contribution in [0.2, 0.25) is 10.0 Å². The molecule has 1 saturated heterocycles. The van der Waals surface area contributed by atoms with Crippen LogP contribution in [0.5, 0.6) is 5.75 Å². The molecule has 4 rings (SSSR count). The highest BCUT2D eigenvalue weighted by molar-refractivity contribution is 6.42. The first kappa shape index (κ1) is 25.3. The summed E-state index contributed by atoms with van der Waals surface area (Å²) in [6, 6.07) is 13.3. The van der Waals surface area contributed by atoms with Crippen LogP contribution >= 0.6 is 23.2 Å². The van der Waals surface area contributed by atoms with Gasteiger partial charge in [0.1, 0.15) is 5.75 Å². The van der Waals surface area contributed by atoms with Crippen LogP contribution in [-0.2, 0) is 16.6 Å². The van der Waals surface area contributed by atoms with Gasteiger partial charge in [0.05, 0.1) is 43.1 Å². The van der Waals surface area contributed by atoms with Crippen LogP contribution in [0, 0.1) is 11.8 Å². The van der Waals surface area contributed by atoms with Crippen LogP contribution in [0.25, 0.3) is 0 Å². The van der Waals surface area contributed by atoms with Crippen molar-refractivity contribution in [2.24, 2.45) is 11.8 Å². The molecule has 184 valence electrons. The number of quaternary nitrogens is 1. The number of benzene rings is 2. The van der Waals surface area contributed by atoms with Gasteiger partial charge in [-0.25, -0.2) is 0 Å². The highest BCUT2D eigenvalue weighted by atomic mass is 35.5. The Bertz CT molecular complexity index is 1040. The third-order valence-electron chi connectivity index (χ3n) is 7.96. The topological polar surface area (TPSA) is 49.3 Å². The smallest absolute Gasteiger partial charge is 0.224 e. The molecule has 6 heteroatoms. The molecule has 2 aliphatic rings. The minimum absolute atomic E-state index is 0.0177. The Morgan fingerprint density at radius 3 is 2.68 bits per heavy atom. The molecule has 2 aromatic rings. The summed E-state index contributed by atoms with van der Waals surface area (Å²) in [7, 11) is 2.40. The SMILES string of the molecule is CC(C)C[N@+]1(C)CC[C@]2(c3cccc(O)c3)C[C@H](NC(=O)Cc3ccc(Cl)c(Cl)c3)CCC2C1. The van der Waals surface area contributed by atoms with Crippen LogP contribution in [0.1, 0.15) is 50.7 Å². The lowest BCUT2D eigenvalue weighted by molar-refractivity contribution is -0.922. The van der Waals surface area contributed by atoms with E-state index >= 15 is 0 Å². The summed E-state index contributed by atoms with van der Waals surface area (Å²) in [4.78, 5) is 12.9. The van der Waals surface area contributed by atoms with Crippen LogP contribution in [-0.4, -0.2) is 48.2 Å². The van der Waals surface area contributed by atoms with E-state index in [1.807, 2.05) is 18.2 Å². The van der Waals surface area contributed by atoms with Gasteiger partial charge < -0.3 is 14.9 Å². The van der Waals surface area contributed by atoms with E-state index in [2.05, 4.69) is 32.3 Å². The highest BCUT2D eigenvalue weighted by Gasteiger charge is 2.52. The number of halogens is 2. The standard InChI is InChI=1S/C28H36Cl2N2O2/c1-19(2)17-32(3)12-11-28(21-5-4-6-24(33)15-21)16-23(9-8-22(28)18-32)31-27(34)14-20-7-10-25(29)26(30)13-20/h4-7,10,13,15,19,22-23H,8-9,11-12,14,16-18H2,1-3H3,(H-,31,33,34)/p+1/t22?,23-,28-,32+/m1/s1. The van der Waals surface area contributed by atoms with E-state index < -0.39 is 0 Å². The fourth-order valence-corrected chi connectivity index (χ4v) is 6.97. The molecule has 1 heterocycles. The Kier molecular flexibility index (Phi) is 7.52. The molecule has 0 spiro atoms. The molecule has 1 aliphatic heterocycles. The maximum atomic E-state index is 12.9. The van der Waals surface area contributed by atoms with Crippen molar-refractivity contribution in [3.8, 4) is 5.75 Å². The maximum absolute atomic E-state index is 12.9. The van der Waals surface area contributed by atoms with Gasteiger partial charge in [-0.3, -0.25) is 4.79 Å². The minimum atomic E-state index is -0.0206. The molecule has 0 aromatic heterocycles. The van der Waals surface area contributed by atoms with Crippen LogP contribution in [0.15, 0.2) is 42.5 Å². The maximum Gasteiger partial charge on any atom is 0.224 e. The summed E-state index contributed by atoms with van der Waals surface area (Å²) in [5.74, 6) is 1.54. The largest absolute Gasteiger partial charge is 0.508 e. The number of carbonyl (C=O) groups excluding carboxylic acids is 1. The number of hydrogen-bond acceptors (Lipinski definition) is 2. The first-order valence-electron chi connectivity index (χ1n) is 12.4. The molecule has 1 amide bonds. The molecule has 4 nitrogen and oxygen atoms in total. The van der Waals surface area contributed by atoms with E-state index in [4.69, 9.17) is 23.2 Å². The number of rotatable bonds is 6. The number of nitrogens with one attached hydrogen (secondary N) is 1. The third kappa shape index (κ3) is 5.56. The second kappa shape index (κ2) is 10.1. The molecule has 1 unspecified atom stereocenters. The number of phenols is 1. The van der Waals surface area contributed by atoms with E-state index in [-0.39, 0.29) is 17.4 Å². The van der Waals surface area contributed by atoms with Gasteiger partial charge in [-0.1, -0.05) is 55.2 Å². The summed E-state index contributed by atoms with van der Waals surface area (Å²) in [6.45, 7) is 8.07. The minimum Gasteiger partial charge on any atom is -0.508 e. The van der Waals surface area contributed by atoms with Crippen molar-refractivity contribution in [2.45, 2.75) is 57.4 Å². The summed E-state index contributed by atoms with van der Waals surface area (Å²) in [6.07, 6.45) is 4.35. The molecule has 34 heavy (non-hydrogen) atoms. The van der Waals surface area contributed by atoms with Gasteiger partial charge in [-0.05, 0) is 54.7 Å².